The van der Waals surface area contributed by atoms with Gasteiger partial charge in [0.15, 0.2) is 0 Å². The molecule has 0 N–H and O–H groups in total. The lowest BCUT2D eigenvalue weighted by Crippen LogP contribution is -2.21. The lowest BCUT2D eigenvalue weighted by atomic mass is 10.1. The lowest BCUT2D eigenvalue weighted by Gasteiger charge is -2.21. The summed E-state index contributed by atoms with van der Waals surface area (Å²) in [4.78, 5) is 2.14. The normalized spacial score (nSPS) is 27.8. The first-order valence-corrected chi connectivity index (χ1v) is 3.37. The predicted molar refractivity (Wildman–Crippen MR) is 42.2 cm³/mol. The van der Waals surface area contributed by atoms with E-state index in [2.05, 4.69) is 29.8 Å². The molecule has 0 spiro atoms. The van der Waals surface area contributed by atoms with Crippen LogP contribution in [0.2, 0.25) is 0 Å². The van der Waals surface area contributed by atoms with Gasteiger partial charge in [0.25, 0.3) is 0 Å². The van der Waals surface area contributed by atoms with E-state index in [1.807, 2.05) is 18.4 Å². The maximum Gasteiger partial charge on any atom is 0.0761 e. The molecule has 0 amide bonds. The van der Waals surface area contributed by atoms with Crippen molar-refractivity contribution in [1.82, 2.24) is 4.90 Å². The van der Waals surface area contributed by atoms with E-state index in [1.54, 1.807) is 0 Å². The number of allylic oxidation sites excluding steroid dienone is 2. The van der Waals surface area contributed by atoms with Gasteiger partial charge in [0.2, 0.25) is 0 Å². The van der Waals surface area contributed by atoms with E-state index < -0.39 is 0 Å². The average Bonchev–Trinajstić information content (AvgIpc) is 2.34. The van der Waals surface area contributed by atoms with Crippen LogP contribution in [0.5, 0.6) is 0 Å². The molecule has 0 fully saturated rings. The zero-order valence-electron chi connectivity index (χ0n) is 5.70. The monoisotopic (exact) mass is 131 g/mol. The van der Waals surface area contributed by atoms with Gasteiger partial charge in [-0.3, -0.25) is 0 Å². The van der Waals surface area contributed by atoms with E-state index in [0.29, 0.717) is 6.04 Å². The maximum atomic E-state index is 3.92. The molecule has 1 unspecified atom stereocenters. The third-order valence-electron chi connectivity index (χ3n) is 1.82. The zero-order chi connectivity index (χ0) is 6.97. The molecule has 2 heterocycles. The second kappa shape index (κ2) is 1.87. The fourth-order valence-corrected chi connectivity index (χ4v) is 1.25. The van der Waals surface area contributed by atoms with Gasteiger partial charge < -0.3 is 4.90 Å². The summed E-state index contributed by atoms with van der Waals surface area (Å²) in [7, 11) is 0. The van der Waals surface area contributed by atoms with Crippen molar-refractivity contribution in [1.29, 1.82) is 0 Å². The van der Waals surface area contributed by atoms with Crippen LogP contribution in [0, 0.1) is 0 Å². The van der Waals surface area contributed by atoms with Crippen LogP contribution in [0.3, 0.4) is 0 Å². The number of nitrogens with zero attached hydrogens (tertiary/aromatic N) is 1. The topological polar surface area (TPSA) is 3.24 Å². The second-order valence-electron chi connectivity index (χ2n) is 2.51. The molecular weight excluding hydrogens is 122 g/mol. The molecule has 50 valence electrons. The quantitative estimate of drug-likeness (QED) is 0.484. The Morgan fingerprint density at radius 3 is 3.00 bits per heavy atom. The number of hydrogen-bond donors (Lipinski definition) is 0. The first-order chi connectivity index (χ1) is 4.88. The number of fused-ring (bicyclic) bond motifs is 1. The van der Waals surface area contributed by atoms with Crippen LogP contribution in [0.1, 0.15) is 0 Å². The Morgan fingerprint density at radius 1 is 1.30 bits per heavy atom. The highest BCUT2D eigenvalue weighted by Gasteiger charge is 2.18. The summed E-state index contributed by atoms with van der Waals surface area (Å²) < 4.78 is 0. The van der Waals surface area contributed by atoms with Gasteiger partial charge in [-0.15, -0.1) is 0 Å². The van der Waals surface area contributed by atoms with E-state index in [-0.39, 0.29) is 0 Å². The molecule has 1 atom stereocenters. The summed E-state index contributed by atoms with van der Waals surface area (Å²) in [5.41, 5.74) is 1.17. The molecule has 0 aromatic heterocycles. The molecule has 2 aliphatic heterocycles. The fourth-order valence-electron chi connectivity index (χ4n) is 1.25. The van der Waals surface area contributed by atoms with Gasteiger partial charge in [0, 0.05) is 12.4 Å². The molecule has 0 saturated carbocycles. The zero-order valence-corrected chi connectivity index (χ0v) is 5.70. The Bertz CT molecular complexity index is 243. The molecule has 2 aliphatic rings. The van der Waals surface area contributed by atoms with Crippen molar-refractivity contribution in [2.75, 3.05) is 0 Å². The lowest BCUT2D eigenvalue weighted by molar-refractivity contribution is 0.494. The molecule has 1 nitrogen and oxygen atoms in total. The van der Waals surface area contributed by atoms with Gasteiger partial charge in [-0.25, -0.2) is 0 Å². The Morgan fingerprint density at radius 2 is 2.20 bits per heavy atom. The first kappa shape index (κ1) is 5.54. The third kappa shape index (κ3) is 0.637. The van der Waals surface area contributed by atoms with Gasteiger partial charge in [0.1, 0.15) is 0 Å². The van der Waals surface area contributed by atoms with E-state index in [4.69, 9.17) is 0 Å². The van der Waals surface area contributed by atoms with Crippen molar-refractivity contribution in [3.8, 4) is 0 Å². The molecule has 2 rings (SSSR count). The summed E-state index contributed by atoms with van der Waals surface area (Å²) in [5.74, 6) is 0. The van der Waals surface area contributed by atoms with Crippen molar-refractivity contribution in [2.45, 2.75) is 6.04 Å². The Labute approximate surface area is 60.6 Å². The Balaban J connectivity index is 2.34. The minimum absolute atomic E-state index is 0.394. The van der Waals surface area contributed by atoms with E-state index >= 15 is 0 Å². The molecule has 0 aromatic rings. The predicted octanol–water partition coefficient (Wildman–Crippen LogP) is 1.82. The molecule has 0 aromatic carbocycles. The molecule has 0 bridgehead atoms. The largest absolute Gasteiger partial charge is 0.343 e. The van der Waals surface area contributed by atoms with Gasteiger partial charge in [-0.05, 0) is 17.7 Å². The van der Waals surface area contributed by atoms with Crippen LogP contribution in [0.15, 0.2) is 48.9 Å². The molecular formula is C9H9N. The summed E-state index contributed by atoms with van der Waals surface area (Å²) in [6, 6.07) is 0.394. The Kier molecular flexibility index (Phi) is 1.04. The fraction of sp³-hybridized carbons (Fsp3) is 0.111. The van der Waals surface area contributed by atoms with Crippen LogP contribution < -0.4 is 0 Å². The minimum atomic E-state index is 0.394. The highest BCUT2D eigenvalue weighted by Crippen LogP contribution is 2.22. The second-order valence-corrected chi connectivity index (χ2v) is 2.51. The van der Waals surface area contributed by atoms with E-state index in [9.17, 15) is 0 Å². The summed E-state index contributed by atoms with van der Waals surface area (Å²) in [6.07, 6.45) is 12.4. The van der Waals surface area contributed by atoms with Crippen molar-refractivity contribution >= 4 is 0 Å². The van der Waals surface area contributed by atoms with Crippen molar-refractivity contribution in [3.05, 3.63) is 48.9 Å². The summed E-state index contributed by atoms with van der Waals surface area (Å²) in [6.45, 7) is 3.92. The standard InChI is InChI=1S/C9H9N/c1-8-5-7-10-6-3-2-4-9(8)10/h2-7,9H,1H2. The molecule has 0 aliphatic carbocycles. The van der Waals surface area contributed by atoms with Crippen LogP contribution in [-0.2, 0) is 0 Å². The van der Waals surface area contributed by atoms with Gasteiger partial charge in [-0.1, -0.05) is 18.7 Å². The Hall–Kier alpha value is -1.24. The highest BCUT2D eigenvalue weighted by molar-refractivity contribution is 5.36. The van der Waals surface area contributed by atoms with Crippen molar-refractivity contribution < 1.29 is 0 Å². The van der Waals surface area contributed by atoms with Crippen LogP contribution in [-0.4, -0.2) is 10.9 Å². The minimum Gasteiger partial charge on any atom is -0.343 e. The van der Waals surface area contributed by atoms with Gasteiger partial charge in [0.05, 0.1) is 6.04 Å². The molecule has 1 heteroatoms. The highest BCUT2D eigenvalue weighted by atomic mass is 15.1. The van der Waals surface area contributed by atoms with Crippen molar-refractivity contribution in [2.24, 2.45) is 0 Å². The first-order valence-electron chi connectivity index (χ1n) is 3.37. The van der Waals surface area contributed by atoms with Crippen molar-refractivity contribution in [3.63, 3.8) is 0 Å². The maximum absolute atomic E-state index is 3.92. The summed E-state index contributed by atoms with van der Waals surface area (Å²) >= 11 is 0. The SMILES string of the molecule is C=C1C=CN2C=CC=CC12. The molecule has 0 radical (unpaired) electrons. The van der Waals surface area contributed by atoms with Gasteiger partial charge in [-0.2, -0.15) is 0 Å². The smallest absolute Gasteiger partial charge is 0.0761 e. The number of rotatable bonds is 0. The van der Waals surface area contributed by atoms with E-state index in [1.165, 1.54) is 5.57 Å². The van der Waals surface area contributed by atoms with E-state index in [0.717, 1.165) is 0 Å². The summed E-state index contributed by atoms with van der Waals surface area (Å²) in [5, 5.41) is 0. The van der Waals surface area contributed by atoms with Gasteiger partial charge >= 0.3 is 0 Å². The van der Waals surface area contributed by atoms with Crippen LogP contribution in [0.4, 0.5) is 0 Å². The van der Waals surface area contributed by atoms with Crippen LogP contribution >= 0.6 is 0 Å². The molecule has 0 saturated heterocycles. The average molecular weight is 131 g/mol. The third-order valence-corrected chi connectivity index (χ3v) is 1.82. The molecule has 10 heavy (non-hydrogen) atoms. The number of hydrogen-bond acceptors (Lipinski definition) is 1. The van der Waals surface area contributed by atoms with Crippen LogP contribution in [0.25, 0.3) is 0 Å².